The number of hydrogen-bond acceptors (Lipinski definition) is 0. The van der Waals surface area contributed by atoms with Crippen molar-refractivity contribution in [3.8, 4) is 23.7 Å². The van der Waals surface area contributed by atoms with Gasteiger partial charge < -0.3 is 34.6 Å². The maximum Gasteiger partial charge on any atom is 0.140 e. The first-order chi connectivity index (χ1) is 11.9. The van der Waals surface area contributed by atoms with Crippen LogP contribution in [0.2, 0.25) is 0 Å². The summed E-state index contributed by atoms with van der Waals surface area (Å²) in [6.45, 7) is 6.63. The van der Waals surface area contributed by atoms with Gasteiger partial charge in [0.15, 0.2) is 0 Å². The van der Waals surface area contributed by atoms with Gasteiger partial charge in [-0.3, -0.25) is 0 Å². The molecule has 26 heavy (non-hydrogen) atoms. The summed E-state index contributed by atoms with van der Waals surface area (Å²) in [4.78, 5) is 3.19. The standard InChI is InChI=1S/C22H22N2.2ClH/c1-3-9-21(10-4-1)13-7-15-23-17-19-24(20-18-23)16-8-14-22-11-5-2-6-12-22;;/h1-6,9-12H,15-20H2;2*1H. The van der Waals surface area contributed by atoms with Gasteiger partial charge in [-0.15, -0.1) is 0 Å². The summed E-state index contributed by atoms with van der Waals surface area (Å²) in [6.07, 6.45) is 0. The summed E-state index contributed by atoms with van der Waals surface area (Å²) in [7, 11) is 0. The van der Waals surface area contributed by atoms with E-state index in [1.54, 1.807) is 9.80 Å². The van der Waals surface area contributed by atoms with Gasteiger partial charge in [-0.25, -0.2) is 0 Å². The maximum atomic E-state index is 3.33. The molecule has 136 valence electrons. The number of quaternary nitrogens is 2. The smallest absolute Gasteiger partial charge is 0.140 e. The molecule has 2 N–H and O–H groups in total. The van der Waals surface area contributed by atoms with Crippen LogP contribution in [-0.4, -0.2) is 39.3 Å². The Morgan fingerprint density at radius 3 is 1.27 bits per heavy atom. The average Bonchev–Trinajstić information content (AvgIpc) is 2.65. The third-order valence-electron chi connectivity index (χ3n) is 4.35. The largest absolute Gasteiger partial charge is 1.00 e. The third kappa shape index (κ3) is 7.52. The topological polar surface area (TPSA) is 8.88 Å². The summed E-state index contributed by atoms with van der Waals surface area (Å²) in [5, 5.41) is 0. The Morgan fingerprint density at radius 2 is 0.923 bits per heavy atom. The summed E-state index contributed by atoms with van der Waals surface area (Å²) in [6, 6.07) is 20.5. The normalized spacial score (nSPS) is 18.0. The van der Waals surface area contributed by atoms with Crippen LogP contribution >= 0.6 is 0 Å². The highest BCUT2D eigenvalue weighted by atomic mass is 35.5. The molecule has 1 aliphatic heterocycles. The Bertz CT molecular complexity index is 679. The second-order valence-corrected chi connectivity index (χ2v) is 6.19. The quantitative estimate of drug-likeness (QED) is 0.475. The first kappa shape index (κ1) is 22.1. The van der Waals surface area contributed by atoms with E-state index in [1.165, 1.54) is 26.2 Å². The van der Waals surface area contributed by atoms with Crippen LogP contribution < -0.4 is 34.6 Å². The summed E-state index contributed by atoms with van der Waals surface area (Å²) in [5.74, 6) is 13.2. The number of rotatable bonds is 2. The molecule has 1 aliphatic rings. The highest BCUT2D eigenvalue weighted by molar-refractivity contribution is 5.34. The van der Waals surface area contributed by atoms with Crippen LogP contribution in [-0.2, 0) is 0 Å². The monoisotopic (exact) mass is 386 g/mol. The van der Waals surface area contributed by atoms with Crippen LogP contribution in [0, 0.1) is 23.7 Å². The van der Waals surface area contributed by atoms with Gasteiger partial charge in [0, 0.05) is 11.1 Å². The molecule has 1 heterocycles. The molecule has 0 aromatic heterocycles. The highest BCUT2D eigenvalue weighted by Crippen LogP contribution is 1.94. The minimum absolute atomic E-state index is 0. The van der Waals surface area contributed by atoms with Crippen LogP contribution in [0.25, 0.3) is 0 Å². The lowest BCUT2D eigenvalue weighted by Crippen LogP contribution is -3.28. The van der Waals surface area contributed by atoms with Crippen molar-refractivity contribution in [3.63, 3.8) is 0 Å². The molecule has 0 amide bonds. The molecule has 4 heteroatoms. The molecular weight excluding hydrogens is 363 g/mol. The van der Waals surface area contributed by atoms with E-state index < -0.39 is 0 Å². The van der Waals surface area contributed by atoms with E-state index in [4.69, 9.17) is 0 Å². The average molecular weight is 387 g/mol. The van der Waals surface area contributed by atoms with E-state index >= 15 is 0 Å². The van der Waals surface area contributed by atoms with Crippen LogP contribution in [0.1, 0.15) is 11.1 Å². The molecule has 1 fully saturated rings. The van der Waals surface area contributed by atoms with Gasteiger partial charge in [0.05, 0.1) is 0 Å². The number of piperazine rings is 1. The van der Waals surface area contributed by atoms with E-state index in [9.17, 15) is 0 Å². The fourth-order valence-electron chi connectivity index (χ4n) is 2.90. The van der Waals surface area contributed by atoms with Crippen molar-refractivity contribution in [2.75, 3.05) is 39.3 Å². The Hall–Kier alpha value is -1.94. The van der Waals surface area contributed by atoms with Gasteiger partial charge >= 0.3 is 0 Å². The predicted molar refractivity (Wildman–Crippen MR) is 97.8 cm³/mol. The van der Waals surface area contributed by atoms with Crippen molar-refractivity contribution in [1.82, 2.24) is 0 Å². The van der Waals surface area contributed by atoms with Crippen molar-refractivity contribution < 1.29 is 34.6 Å². The van der Waals surface area contributed by atoms with Gasteiger partial charge in [0.25, 0.3) is 0 Å². The van der Waals surface area contributed by atoms with Gasteiger partial charge in [0.1, 0.15) is 39.3 Å². The van der Waals surface area contributed by atoms with Crippen molar-refractivity contribution in [1.29, 1.82) is 0 Å². The zero-order valence-electron chi connectivity index (χ0n) is 14.8. The van der Waals surface area contributed by atoms with Gasteiger partial charge in [0.2, 0.25) is 0 Å². The molecule has 0 bridgehead atoms. The molecule has 3 rings (SSSR count). The SMILES string of the molecule is C(#Cc1ccccc1)C[NH+]1CC[NH+](CC#Cc2ccccc2)CC1.[Cl-].[Cl-]. The maximum absolute atomic E-state index is 3.33. The van der Waals surface area contributed by atoms with Crippen LogP contribution in [0.15, 0.2) is 60.7 Å². The fraction of sp³-hybridized carbons (Fsp3) is 0.273. The molecule has 2 aromatic carbocycles. The van der Waals surface area contributed by atoms with Gasteiger partial charge in [-0.2, -0.15) is 0 Å². The molecule has 2 aromatic rings. The van der Waals surface area contributed by atoms with Crippen LogP contribution in [0.4, 0.5) is 0 Å². The van der Waals surface area contributed by atoms with E-state index in [2.05, 4.69) is 47.9 Å². The molecule has 0 unspecified atom stereocenters. The second kappa shape index (κ2) is 12.4. The summed E-state index contributed by atoms with van der Waals surface area (Å²) in [5.41, 5.74) is 2.22. The lowest BCUT2D eigenvalue weighted by atomic mass is 10.2. The molecule has 1 saturated heterocycles. The number of benzene rings is 2. The fourth-order valence-corrected chi connectivity index (χ4v) is 2.90. The van der Waals surface area contributed by atoms with E-state index in [-0.39, 0.29) is 24.8 Å². The lowest BCUT2D eigenvalue weighted by Gasteiger charge is -2.27. The Morgan fingerprint density at radius 1 is 0.577 bits per heavy atom. The first-order valence-electron chi connectivity index (χ1n) is 8.65. The zero-order chi connectivity index (χ0) is 16.5. The van der Waals surface area contributed by atoms with E-state index in [0.717, 1.165) is 24.2 Å². The molecule has 0 saturated carbocycles. The molecule has 0 atom stereocenters. The number of halogens is 2. The van der Waals surface area contributed by atoms with Crippen molar-refractivity contribution in [3.05, 3.63) is 71.8 Å². The minimum atomic E-state index is 0. The zero-order valence-corrected chi connectivity index (χ0v) is 16.3. The van der Waals surface area contributed by atoms with Crippen molar-refractivity contribution in [2.24, 2.45) is 0 Å². The number of hydrogen-bond donors (Lipinski definition) is 2. The summed E-state index contributed by atoms with van der Waals surface area (Å²) < 4.78 is 0. The van der Waals surface area contributed by atoms with E-state index in [1.807, 2.05) is 36.4 Å². The Kier molecular flexibility index (Phi) is 10.6. The third-order valence-corrected chi connectivity index (χ3v) is 4.35. The van der Waals surface area contributed by atoms with Crippen LogP contribution in [0.5, 0.6) is 0 Å². The molecule has 2 nitrogen and oxygen atoms in total. The molecule has 0 radical (unpaired) electrons. The van der Waals surface area contributed by atoms with E-state index in [0.29, 0.717) is 0 Å². The highest BCUT2D eigenvalue weighted by Gasteiger charge is 2.20. The molecule has 0 aliphatic carbocycles. The second-order valence-electron chi connectivity index (χ2n) is 6.19. The summed E-state index contributed by atoms with van der Waals surface area (Å²) >= 11 is 0. The Balaban J connectivity index is 0.00000169. The minimum Gasteiger partial charge on any atom is -1.00 e. The molecule has 0 spiro atoms. The first-order valence-corrected chi connectivity index (χ1v) is 8.65. The predicted octanol–water partition coefficient (Wildman–Crippen LogP) is -6.12. The lowest BCUT2D eigenvalue weighted by molar-refractivity contribution is -1.01. The van der Waals surface area contributed by atoms with Gasteiger partial charge in [-0.1, -0.05) is 48.2 Å². The van der Waals surface area contributed by atoms with Gasteiger partial charge in [-0.05, 0) is 36.1 Å². The number of nitrogens with one attached hydrogen (secondary N) is 2. The van der Waals surface area contributed by atoms with Crippen molar-refractivity contribution in [2.45, 2.75) is 0 Å². The van der Waals surface area contributed by atoms with Crippen molar-refractivity contribution >= 4 is 0 Å². The molecular formula is C22H24Cl2N2. The Labute approximate surface area is 169 Å². The van der Waals surface area contributed by atoms with Crippen LogP contribution in [0.3, 0.4) is 0 Å².